The third-order valence-corrected chi connectivity index (χ3v) is 3.68. The lowest BCUT2D eigenvalue weighted by atomic mass is 9.97. The van der Waals surface area contributed by atoms with Gasteiger partial charge in [0.2, 0.25) is 5.91 Å². The highest BCUT2D eigenvalue weighted by Crippen LogP contribution is 2.12. The van der Waals surface area contributed by atoms with Crippen LogP contribution in [0.15, 0.2) is 0 Å². The van der Waals surface area contributed by atoms with Crippen LogP contribution in [0.1, 0.15) is 47.5 Å². The average molecular weight is 314 g/mol. The van der Waals surface area contributed by atoms with E-state index in [-0.39, 0.29) is 36.0 Å². The van der Waals surface area contributed by atoms with Crippen molar-refractivity contribution in [2.75, 3.05) is 13.6 Å². The van der Waals surface area contributed by atoms with Gasteiger partial charge in [0.05, 0.1) is 12.1 Å². The molecule has 0 aromatic rings. The Kier molecular flexibility index (Phi) is 8.94. The molecule has 0 saturated carbocycles. The fourth-order valence-corrected chi connectivity index (χ4v) is 2.61. The molecule has 0 aliphatic carbocycles. The molecule has 128 valence electrons. The van der Waals surface area contributed by atoms with Crippen molar-refractivity contribution in [1.82, 2.24) is 10.2 Å². The van der Waals surface area contributed by atoms with Gasteiger partial charge in [-0.25, -0.2) is 0 Å². The molecule has 2 atom stereocenters. The van der Waals surface area contributed by atoms with E-state index in [2.05, 4.69) is 5.32 Å². The maximum Gasteiger partial charge on any atom is 0.303 e. The zero-order valence-electron chi connectivity index (χ0n) is 14.5. The zero-order valence-corrected chi connectivity index (χ0v) is 14.5. The molecule has 22 heavy (non-hydrogen) atoms. The molecule has 0 spiro atoms. The molecule has 0 fully saturated rings. The Bertz CT molecular complexity index is 394. The highest BCUT2D eigenvalue weighted by atomic mass is 16.4. The third-order valence-electron chi connectivity index (χ3n) is 3.68. The Morgan fingerprint density at radius 2 is 1.64 bits per heavy atom. The standard InChI is InChI=1S/C16H30N2O4/c1-10(2)14(12(5)19)17-16(22)15(11(3)4)18(6)9-7-8-13(20)21/h10-11,14-15H,7-9H2,1-6H3,(H,17,22)(H,20,21)/t14-,15?/m0/s1. The molecule has 0 bridgehead atoms. The van der Waals surface area contributed by atoms with E-state index in [1.54, 1.807) is 0 Å². The lowest BCUT2D eigenvalue weighted by Gasteiger charge is -2.32. The second kappa shape index (κ2) is 9.56. The number of carbonyl (C=O) groups is 3. The fraction of sp³-hybridized carbons (Fsp3) is 0.812. The van der Waals surface area contributed by atoms with Crippen LogP contribution in [0.25, 0.3) is 0 Å². The number of hydrogen-bond donors (Lipinski definition) is 2. The largest absolute Gasteiger partial charge is 0.481 e. The summed E-state index contributed by atoms with van der Waals surface area (Å²) in [6.07, 6.45) is 0.571. The van der Waals surface area contributed by atoms with Crippen molar-refractivity contribution in [3.05, 3.63) is 0 Å². The number of ketones is 1. The summed E-state index contributed by atoms with van der Waals surface area (Å²) in [5, 5.41) is 11.5. The zero-order chi connectivity index (χ0) is 17.4. The van der Waals surface area contributed by atoms with Crippen LogP contribution < -0.4 is 5.32 Å². The van der Waals surface area contributed by atoms with Gasteiger partial charge in [-0.05, 0) is 38.8 Å². The number of nitrogens with zero attached hydrogens (tertiary/aromatic N) is 1. The smallest absolute Gasteiger partial charge is 0.303 e. The van der Waals surface area contributed by atoms with Crippen LogP contribution in [0.5, 0.6) is 0 Å². The minimum atomic E-state index is -0.838. The van der Waals surface area contributed by atoms with Gasteiger partial charge in [-0.1, -0.05) is 27.7 Å². The van der Waals surface area contributed by atoms with Gasteiger partial charge >= 0.3 is 5.97 Å². The molecular formula is C16H30N2O4. The first-order valence-corrected chi connectivity index (χ1v) is 7.80. The van der Waals surface area contributed by atoms with E-state index in [9.17, 15) is 14.4 Å². The third kappa shape index (κ3) is 7.02. The summed E-state index contributed by atoms with van der Waals surface area (Å²) >= 11 is 0. The molecule has 6 heteroatoms. The number of likely N-dealkylation sites (N-methyl/N-ethyl adjacent to an activating group) is 1. The summed E-state index contributed by atoms with van der Waals surface area (Å²) < 4.78 is 0. The van der Waals surface area contributed by atoms with E-state index in [0.29, 0.717) is 13.0 Å². The molecule has 0 rings (SSSR count). The van der Waals surface area contributed by atoms with Crippen LogP contribution in [0.3, 0.4) is 0 Å². The number of carboxylic acid groups (broad SMARTS) is 1. The summed E-state index contributed by atoms with van der Waals surface area (Å²) in [7, 11) is 1.81. The quantitative estimate of drug-likeness (QED) is 0.639. The van der Waals surface area contributed by atoms with Gasteiger partial charge in [-0.15, -0.1) is 0 Å². The molecular weight excluding hydrogens is 284 g/mol. The van der Waals surface area contributed by atoms with Gasteiger partial charge in [-0.2, -0.15) is 0 Å². The SMILES string of the molecule is CC(=O)[C@@H](NC(=O)C(C(C)C)N(C)CCCC(=O)O)C(C)C. The number of Topliss-reactive ketones (excluding diaryl/α,β-unsaturated/α-hetero) is 1. The second-order valence-corrected chi connectivity index (χ2v) is 6.51. The van der Waals surface area contributed by atoms with Crippen molar-refractivity contribution in [2.45, 2.75) is 59.5 Å². The second-order valence-electron chi connectivity index (χ2n) is 6.51. The van der Waals surface area contributed by atoms with Crippen molar-refractivity contribution in [2.24, 2.45) is 11.8 Å². The molecule has 0 aliphatic heterocycles. The number of carbonyl (C=O) groups excluding carboxylic acids is 2. The number of carboxylic acids is 1. The van der Waals surface area contributed by atoms with Crippen molar-refractivity contribution < 1.29 is 19.5 Å². The molecule has 2 N–H and O–H groups in total. The van der Waals surface area contributed by atoms with Gasteiger partial charge in [0.15, 0.2) is 5.78 Å². The Morgan fingerprint density at radius 1 is 1.09 bits per heavy atom. The lowest BCUT2D eigenvalue weighted by molar-refractivity contribution is -0.137. The normalized spacial score (nSPS) is 14.2. The van der Waals surface area contributed by atoms with Gasteiger partial charge in [0.25, 0.3) is 0 Å². The minimum absolute atomic E-state index is 0.0339. The van der Waals surface area contributed by atoms with Crippen LogP contribution in [0, 0.1) is 11.8 Å². The Balaban J connectivity index is 4.82. The molecule has 0 heterocycles. The van der Waals surface area contributed by atoms with Crippen molar-refractivity contribution >= 4 is 17.7 Å². The van der Waals surface area contributed by atoms with E-state index in [1.807, 2.05) is 39.6 Å². The number of aliphatic carboxylic acids is 1. The summed E-state index contributed by atoms with van der Waals surface area (Å²) in [4.78, 5) is 36.6. The number of rotatable bonds is 10. The number of nitrogens with one attached hydrogen (secondary N) is 1. The summed E-state index contributed by atoms with van der Waals surface area (Å²) in [5.74, 6) is -0.974. The van der Waals surface area contributed by atoms with Crippen LogP contribution in [-0.4, -0.2) is 53.3 Å². The highest BCUT2D eigenvalue weighted by molar-refractivity contribution is 5.89. The van der Waals surface area contributed by atoms with Crippen LogP contribution in [-0.2, 0) is 14.4 Å². The predicted octanol–water partition coefficient (Wildman–Crippen LogP) is 1.54. The summed E-state index contributed by atoms with van der Waals surface area (Å²) in [6, 6.07) is -0.865. The van der Waals surface area contributed by atoms with E-state index >= 15 is 0 Å². The summed E-state index contributed by atoms with van der Waals surface area (Å²) in [6.45, 7) is 9.67. The van der Waals surface area contributed by atoms with Gasteiger partial charge in [0, 0.05) is 6.42 Å². The summed E-state index contributed by atoms with van der Waals surface area (Å²) in [5.41, 5.74) is 0. The van der Waals surface area contributed by atoms with Crippen LogP contribution in [0.4, 0.5) is 0 Å². The van der Waals surface area contributed by atoms with Gasteiger partial charge < -0.3 is 10.4 Å². The van der Waals surface area contributed by atoms with E-state index in [4.69, 9.17) is 5.11 Å². The maximum absolute atomic E-state index is 12.5. The highest BCUT2D eigenvalue weighted by Gasteiger charge is 2.30. The first kappa shape index (κ1) is 20.6. The maximum atomic E-state index is 12.5. The lowest BCUT2D eigenvalue weighted by Crippen LogP contribution is -2.54. The predicted molar refractivity (Wildman–Crippen MR) is 85.6 cm³/mol. The first-order valence-electron chi connectivity index (χ1n) is 7.80. The van der Waals surface area contributed by atoms with Crippen molar-refractivity contribution in [1.29, 1.82) is 0 Å². The topological polar surface area (TPSA) is 86.7 Å². The van der Waals surface area contributed by atoms with Gasteiger partial charge in [0.1, 0.15) is 0 Å². The average Bonchev–Trinajstić information content (AvgIpc) is 2.34. The molecule has 0 radical (unpaired) electrons. The molecule has 1 amide bonds. The molecule has 0 aromatic heterocycles. The molecule has 0 aliphatic rings. The first-order chi connectivity index (χ1) is 10.1. The molecule has 0 aromatic carbocycles. The Morgan fingerprint density at radius 3 is 2.00 bits per heavy atom. The Hall–Kier alpha value is -1.43. The van der Waals surface area contributed by atoms with E-state index in [0.717, 1.165) is 0 Å². The van der Waals surface area contributed by atoms with E-state index in [1.165, 1.54) is 6.92 Å². The number of hydrogen-bond acceptors (Lipinski definition) is 4. The number of amides is 1. The monoisotopic (exact) mass is 314 g/mol. The van der Waals surface area contributed by atoms with Crippen molar-refractivity contribution in [3.8, 4) is 0 Å². The van der Waals surface area contributed by atoms with Crippen LogP contribution in [0.2, 0.25) is 0 Å². The Labute approximate surface area is 133 Å². The molecule has 6 nitrogen and oxygen atoms in total. The fourth-order valence-electron chi connectivity index (χ4n) is 2.61. The molecule has 1 unspecified atom stereocenters. The van der Waals surface area contributed by atoms with Gasteiger partial charge in [-0.3, -0.25) is 19.3 Å². The van der Waals surface area contributed by atoms with Crippen LogP contribution >= 0.6 is 0 Å². The minimum Gasteiger partial charge on any atom is -0.481 e. The van der Waals surface area contributed by atoms with Crippen molar-refractivity contribution in [3.63, 3.8) is 0 Å². The van der Waals surface area contributed by atoms with E-state index < -0.39 is 12.0 Å². The molecule has 0 saturated heterocycles.